The molecule has 11 heavy (non-hydrogen) atoms. The van der Waals surface area contributed by atoms with E-state index in [1.54, 1.807) is 12.3 Å². The highest BCUT2D eigenvalue weighted by atomic mass is 79.9. The van der Waals surface area contributed by atoms with Gasteiger partial charge < -0.3 is 4.42 Å². The van der Waals surface area contributed by atoms with Crippen molar-refractivity contribution >= 4 is 39.4 Å². The van der Waals surface area contributed by atoms with Crippen molar-refractivity contribution < 1.29 is 4.42 Å². The van der Waals surface area contributed by atoms with E-state index in [1.165, 1.54) is 0 Å². The van der Waals surface area contributed by atoms with Gasteiger partial charge >= 0.3 is 0 Å². The number of hydrogen-bond acceptors (Lipinski definition) is 3. The lowest BCUT2D eigenvalue weighted by atomic mass is 10.5. The number of rotatable bonds is 0. The zero-order valence-electron chi connectivity index (χ0n) is 5.30. The van der Waals surface area contributed by atoms with Crippen LogP contribution in [-0.4, -0.2) is 9.97 Å². The molecule has 1 N–H and O–H groups in total. The summed E-state index contributed by atoms with van der Waals surface area (Å²) in [5.41, 5.74) is 1.34. The predicted molar refractivity (Wildman–Crippen MR) is 46.9 cm³/mol. The first kappa shape index (κ1) is 7.00. The second-order valence-corrected chi connectivity index (χ2v) is 3.21. The lowest BCUT2D eigenvalue weighted by molar-refractivity contribution is 0.581. The Balaban J connectivity index is 3.01. The summed E-state index contributed by atoms with van der Waals surface area (Å²) in [6.07, 6.45) is 1.67. The Morgan fingerprint density at radius 3 is 3.18 bits per heavy atom. The summed E-state index contributed by atoms with van der Waals surface area (Å²) in [4.78, 5) is 7.17. The zero-order valence-corrected chi connectivity index (χ0v) is 7.70. The Bertz CT molecular complexity index is 447. The molecule has 2 aromatic heterocycles. The molecule has 0 unspecified atom stereocenters. The number of pyridine rings is 1. The number of nitrogens with one attached hydrogen (secondary N) is 1. The average Bonchev–Trinajstić information content (AvgIpc) is 2.31. The Hall–Kier alpha value is -0.680. The molecule has 0 saturated heterocycles. The highest BCUT2D eigenvalue weighted by Crippen LogP contribution is 2.20. The molecule has 0 aromatic carbocycles. The minimum absolute atomic E-state index is 0.347. The molecular weight excluding hydrogens is 228 g/mol. The van der Waals surface area contributed by atoms with Gasteiger partial charge in [-0.2, -0.15) is 0 Å². The van der Waals surface area contributed by atoms with Crippen molar-refractivity contribution in [1.29, 1.82) is 0 Å². The molecule has 2 aromatic rings. The molecule has 0 amide bonds. The van der Waals surface area contributed by atoms with Crippen molar-refractivity contribution in [2.75, 3.05) is 0 Å². The summed E-state index contributed by atoms with van der Waals surface area (Å²) in [6, 6.07) is 1.80. The van der Waals surface area contributed by atoms with Crippen molar-refractivity contribution in [3.63, 3.8) is 0 Å². The van der Waals surface area contributed by atoms with Crippen LogP contribution in [0.4, 0.5) is 0 Å². The topological polar surface area (TPSA) is 41.8 Å². The van der Waals surface area contributed by atoms with Crippen LogP contribution < -0.4 is 0 Å². The second kappa shape index (κ2) is 2.42. The fourth-order valence-electron chi connectivity index (χ4n) is 0.826. The number of aromatic amines is 1. The van der Waals surface area contributed by atoms with Crippen molar-refractivity contribution in [3.8, 4) is 0 Å². The van der Waals surface area contributed by atoms with Gasteiger partial charge in [0.15, 0.2) is 11.2 Å². The van der Waals surface area contributed by atoms with Crippen LogP contribution in [0.1, 0.15) is 0 Å². The molecule has 56 valence electrons. The van der Waals surface area contributed by atoms with Gasteiger partial charge in [0.05, 0.1) is 4.47 Å². The number of oxazole rings is 1. The van der Waals surface area contributed by atoms with Crippen LogP contribution in [0.25, 0.3) is 11.2 Å². The molecule has 3 nitrogen and oxygen atoms in total. The first-order valence-electron chi connectivity index (χ1n) is 2.91. The second-order valence-electron chi connectivity index (χ2n) is 1.99. The number of aromatic nitrogens is 2. The van der Waals surface area contributed by atoms with Crippen molar-refractivity contribution in [2.24, 2.45) is 0 Å². The number of hydrogen-bond donors (Lipinski definition) is 1. The maximum absolute atomic E-state index is 5.15. The first-order chi connectivity index (χ1) is 5.27. The average molecular weight is 231 g/mol. The standard InChI is InChI=1S/C6H3BrN2OS/c7-3-1-2-8-5-4(3)10-6(11)9-5/h1-2H,(H,8,9,11). The fourth-order valence-corrected chi connectivity index (χ4v) is 1.39. The lowest BCUT2D eigenvalue weighted by Gasteiger charge is -1.86. The number of nitrogens with zero attached hydrogens (tertiary/aromatic N) is 1. The maximum atomic E-state index is 5.15. The summed E-state index contributed by atoms with van der Waals surface area (Å²) in [6.45, 7) is 0. The molecule has 0 fully saturated rings. The fraction of sp³-hybridized carbons (Fsp3) is 0. The maximum Gasteiger partial charge on any atom is 0.268 e. The van der Waals surface area contributed by atoms with E-state index in [2.05, 4.69) is 25.9 Å². The quantitative estimate of drug-likeness (QED) is 0.708. The normalized spacial score (nSPS) is 10.6. The molecule has 0 aliphatic rings. The number of halogens is 1. The van der Waals surface area contributed by atoms with Gasteiger partial charge in [0.1, 0.15) is 0 Å². The van der Waals surface area contributed by atoms with E-state index >= 15 is 0 Å². The van der Waals surface area contributed by atoms with Crippen LogP contribution in [0.2, 0.25) is 0 Å². The molecule has 0 aliphatic carbocycles. The van der Waals surface area contributed by atoms with E-state index in [4.69, 9.17) is 16.6 Å². The summed E-state index contributed by atoms with van der Waals surface area (Å²) >= 11 is 8.10. The van der Waals surface area contributed by atoms with E-state index in [9.17, 15) is 0 Å². The number of fused-ring (bicyclic) bond motifs is 1. The van der Waals surface area contributed by atoms with Crippen LogP contribution in [0.5, 0.6) is 0 Å². The monoisotopic (exact) mass is 230 g/mol. The molecule has 0 aliphatic heterocycles. The highest BCUT2D eigenvalue weighted by Gasteiger charge is 2.02. The molecule has 0 atom stereocenters. The smallest absolute Gasteiger partial charge is 0.268 e. The Kier molecular flexibility index (Phi) is 1.54. The van der Waals surface area contributed by atoms with E-state index in [0.717, 1.165) is 4.47 Å². The van der Waals surface area contributed by atoms with Gasteiger partial charge in [-0.1, -0.05) is 0 Å². The molecule has 0 radical (unpaired) electrons. The van der Waals surface area contributed by atoms with Crippen LogP contribution in [-0.2, 0) is 0 Å². The third kappa shape index (κ3) is 1.10. The molecule has 0 bridgehead atoms. The van der Waals surface area contributed by atoms with Gasteiger partial charge in [-0.15, -0.1) is 0 Å². The minimum Gasteiger partial charge on any atom is -0.426 e. The van der Waals surface area contributed by atoms with Crippen molar-refractivity contribution in [1.82, 2.24) is 9.97 Å². The molecule has 2 heterocycles. The van der Waals surface area contributed by atoms with Crippen molar-refractivity contribution in [3.05, 3.63) is 21.6 Å². The van der Waals surface area contributed by atoms with E-state index in [0.29, 0.717) is 16.1 Å². The third-order valence-electron chi connectivity index (χ3n) is 1.27. The van der Waals surface area contributed by atoms with Gasteiger partial charge in [-0.25, -0.2) is 4.98 Å². The molecule has 5 heteroatoms. The largest absolute Gasteiger partial charge is 0.426 e. The van der Waals surface area contributed by atoms with Crippen LogP contribution >= 0.6 is 28.1 Å². The summed E-state index contributed by atoms with van der Waals surface area (Å²) in [5.74, 6) is 0. The van der Waals surface area contributed by atoms with E-state index in [1.807, 2.05) is 0 Å². The molecule has 0 spiro atoms. The van der Waals surface area contributed by atoms with Crippen LogP contribution in [0.3, 0.4) is 0 Å². The SMILES string of the molecule is S=c1[nH]c2nccc(Br)c2o1. The molecular formula is C6H3BrN2OS. The van der Waals surface area contributed by atoms with Crippen LogP contribution in [0, 0.1) is 4.84 Å². The van der Waals surface area contributed by atoms with Gasteiger partial charge in [-0.05, 0) is 34.2 Å². The van der Waals surface area contributed by atoms with Gasteiger partial charge in [0, 0.05) is 6.20 Å². The Labute approximate surface area is 75.6 Å². The van der Waals surface area contributed by atoms with Gasteiger partial charge in [0.2, 0.25) is 0 Å². The number of H-pyrrole nitrogens is 1. The summed E-state index contributed by atoms with van der Waals surface area (Å²) in [5, 5.41) is 0. The minimum atomic E-state index is 0.347. The van der Waals surface area contributed by atoms with Crippen LogP contribution in [0.15, 0.2) is 21.2 Å². The zero-order chi connectivity index (χ0) is 7.84. The summed E-state index contributed by atoms with van der Waals surface area (Å²) in [7, 11) is 0. The lowest BCUT2D eigenvalue weighted by Crippen LogP contribution is -1.74. The summed E-state index contributed by atoms with van der Waals surface area (Å²) < 4.78 is 6.00. The highest BCUT2D eigenvalue weighted by molar-refractivity contribution is 9.10. The first-order valence-corrected chi connectivity index (χ1v) is 4.11. The predicted octanol–water partition coefficient (Wildman–Crippen LogP) is 2.65. The van der Waals surface area contributed by atoms with Crippen molar-refractivity contribution in [2.45, 2.75) is 0 Å². The molecule has 0 saturated carbocycles. The van der Waals surface area contributed by atoms with Gasteiger partial charge in [0.25, 0.3) is 4.84 Å². The Morgan fingerprint density at radius 2 is 2.45 bits per heavy atom. The molecule has 2 rings (SSSR count). The Morgan fingerprint density at radius 1 is 1.64 bits per heavy atom. The van der Waals surface area contributed by atoms with E-state index < -0.39 is 0 Å². The van der Waals surface area contributed by atoms with E-state index in [-0.39, 0.29) is 0 Å². The third-order valence-corrected chi connectivity index (χ3v) is 2.08. The van der Waals surface area contributed by atoms with Gasteiger partial charge in [-0.3, -0.25) is 4.98 Å².